The zero-order valence-corrected chi connectivity index (χ0v) is 12.9. The molecule has 0 aliphatic carbocycles. The number of carbonyl (C=O) groups excluding carboxylic acids is 1. The van der Waals surface area contributed by atoms with Crippen LogP contribution in [0.5, 0.6) is 0 Å². The Kier molecular flexibility index (Phi) is 5.32. The van der Waals surface area contributed by atoms with Crippen molar-refractivity contribution < 1.29 is 23.8 Å². The van der Waals surface area contributed by atoms with Gasteiger partial charge in [0.05, 0.1) is 19.1 Å². The topological polar surface area (TPSA) is 117 Å². The van der Waals surface area contributed by atoms with E-state index in [9.17, 15) is 19.1 Å². The third-order valence-electron chi connectivity index (χ3n) is 3.56. The third kappa shape index (κ3) is 3.85. The van der Waals surface area contributed by atoms with E-state index in [4.69, 9.17) is 15.2 Å². The molecule has 1 aromatic heterocycles. The maximum Gasteiger partial charge on any atom is 0.349 e. The minimum Gasteiger partial charge on any atom is -0.456 e. The largest absolute Gasteiger partial charge is 0.456 e. The Morgan fingerprint density at radius 2 is 2.26 bits per heavy atom. The molecule has 23 heavy (non-hydrogen) atoms. The maximum atomic E-state index is 14.5. The molecule has 3 N–H and O–H groups in total. The number of nitrogens with zero attached hydrogens (tertiary/aromatic N) is 2. The van der Waals surface area contributed by atoms with Crippen LogP contribution in [-0.2, 0) is 20.8 Å². The van der Waals surface area contributed by atoms with Crippen molar-refractivity contribution in [3.63, 3.8) is 0 Å². The molecule has 0 unspecified atom stereocenters. The summed E-state index contributed by atoms with van der Waals surface area (Å²) in [6, 6.07) is 1.41. The standard InChI is InChI=1S/C14H20FN3O5/c1-7(2)13(20)23-12-9(6-19)22-8(11(12)15)5-18-4-3-10(16)17-14(18)21/h3-4,7-9,11-12,19H,5-6H2,1-2H3,(H2,16,17,21)/t8-,9+,11-,12+/m0/s1. The van der Waals surface area contributed by atoms with E-state index in [1.54, 1.807) is 13.8 Å². The number of hydrogen-bond donors (Lipinski definition) is 2. The van der Waals surface area contributed by atoms with Crippen LogP contribution in [-0.4, -0.2) is 51.7 Å². The molecule has 2 heterocycles. The highest BCUT2D eigenvalue weighted by Crippen LogP contribution is 2.28. The van der Waals surface area contributed by atoms with Crippen molar-refractivity contribution in [3.05, 3.63) is 22.7 Å². The second kappa shape index (κ2) is 7.05. The minimum absolute atomic E-state index is 0.0624. The molecule has 2 rings (SSSR count). The summed E-state index contributed by atoms with van der Waals surface area (Å²) in [4.78, 5) is 26.9. The molecule has 128 valence electrons. The van der Waals surface area contributed by atoms with Crippen LogP contribution in [0.25, 0.3) is 0 Å². The number of nitrogen functional groups attached to an aromatic ring is 1. The summed E-state index contributed by atoms with van der Waals surface area (Å²) in [6.07, 6.45) is -3.52. The number of aliphatic hydroxyl groups is 1. The van der Waals surface area contributed by atoms with Crippen molar-refractivity contribution >= 4 is 11.8 Å². The number of rotatable bonds is 5. The van der Waals surface area contributed by atoms with Gasteiger partial charge in [-0.2, -0.15) is 4.98 Å². The van der Waals surface area contributed by atoms with Crippen LogP contribution >= 0.6 is 0 Å². The molecule has 1 aliphatic heterocycles. The number of hydrogen-bond acceptors (Lipinski definition) is 7. The van der Waals surface area contributed by atoms with Gasteiger partial charge in [0.2, 0.25) is 0 Å². The van der Waals surface area contributed by atoms with Gasteiger partial charge >= 0.3 is 11.7 Å². The first-order chi connectivity index (χ1) is 10.8. The quantitative estimate of drug-likeness (QED) is 0.699. The molecular weight excluding hydrogens is 309 g/mol. The zero-order valence-electron chi connectivity index (χ0n) is 12.9. The fraction of sp³-hybridized carbons (Fsp3) is 0.643. The molecule has 0 radical (unpaired) electrons. The predicted octanol–water partition coefficient (Wildman–Crippen LogP) is -0.509. The van der Waals surface area contributed by atoms with E-state index in [1.165, 1.54) is 12.3 Å². The van der Waals surface area contributed by atoms with Crippen LogP contribution in [0.4, 0.5) is 10.2 Å². The molecule has 0 bridgehead atoms. The van der Waals surface area contributed by atoms with Crippen LogP contribution in [0.3, 0.4) is 0 Å². The summed E-state index contributed by atoms with van der Waals surface area (Å²) in [6.45, 7) is 2.62. The Morgan fingerprint density at radius 1 is 1.57 bits per heavy atom. The Hall–Kier alpha value is -2.00. The highest BCUT2D eigenvalue weighted by atomic mass is 19.1. The van der Waals surface area contributed by atoms with E-state index in [-0.39, 0.29) is 12.4 Å². The summed E-state index contributed by atoms with van der Waals surface area (Å²) in [7, 11) is 0. The van der Waals surface area contributed by atoms with E-state index >= 15 is 0 Å². The van der Waals surface area contributed by atoms with E-state index in [0.717, 1.165) is 4.57 Å². The van der Waals surface area contributed by atoms with Crippen molar-refractivity contribution in [3.8, 4) is 0 Å². The number of esters is 1. The molecular formula is C14H20FN3O5. The number of aromatic nitrogens is 2. The average molecular weight is 329 g/mol. The lowest BCUT2D eigenvalue weighted by Gasteiger charge is -2.19. The van der Waals surface area contributed by atoms with Crippen molar-refractivity contribution in [1.29, 1.82) is 0 Å². The molecule has 0 aromatic carbocycles. The van der Waals surface area contributed by atoms with Crippen LogP contribution in [0.1, 0.15) is 13.8 Å². The summed E-state index contributed by atoms with van der Waals surface area (Å²) in [5.41, 5.74) is 4.76. The lowest BCUT2D eigenvalue weighted by molar-refractivity contribution is -0.158. The lowest BCUT2D eigenvalue weighted by Crippen LogP contribution is -2.38. The van der Waals surface area contributed by atoms with Gasteiger partial charge in [0.25, 0.3) is 0 Å². The number of carbonyl (C=O) groups is 1. The molecule has 0 saturated carbocycles. The maximum absolute atomic E-state index is 14.5. The van der Waals surface area contributed by atoms with Gasteiger partial charge in [0, 0.05) is 6.20 Å². The summed E-state index contributed by atoms with van der Waals surface area (Å²) in [5, 5.41) is 9.30. The van der Waals surface area contributed by atoms with E-state index in [1.807, 2.05) is 0 Å². The number of alkyl halides is 1. The van der Waals surface area contributed by atoms with Gasteiger partial charge in [0.1, 0.15) is 18.0 Å². The zero-order chi connectivity index (χ0) is 17.1. The lowest BCUT2D eigenvalue weighted by atomic mass is 10.1. The summed E-state index contributed by atoms with van der Waals surface area (Å²) in [5.74, 6) is -0.941. The Morgan fingerprint density at radius 3 is 2.83 bits per heavy atom. The van der Waals surface area contributed by atoms with E-state index in [2.05, 4.69) is 4.98 Å². The van der Waals surface area contributed by atoms with Crippen LogP contribution in [0.2, 0.25) is 0 Å². The molecule has 1 saturated heterocycles. The molecule has 8 nitrogen and oxygen atoms in total. The molecule has 1 fully saturated rings. The smallest absolute Gasteiger partial charge is 0.349 e. The summed E-state index contributed by atoms with van der Waals surface area (Å²) >= 11 is 0. The second-order valence-electron chi connectivity index (χ2n) is 5.68. The molecule has 4 atom stereocenters. The van der Waals surface area contributed by atoms with Crippen molar-refractivity contribution in [2.45, 2.75) is 44.9 Å². The van der Waals surface area contributed by atoms with Gasteiger partial charge in [-0.05, 0) is 6.07 Å². The van der Waals surface area contributed by atoms with Gasteiger partial charge in [-0.3, -0.25) is 9.36 Å². The number of anilines is 1. The minimum atomic E-state index is -1.67. The number of halogens is 1. The monoisotopic (exact) mass is 329 g/mol. The molecule has 0 amide bonds. The first kappa shape index (κ1) is 17.4. The fourth-order valence-corrected chi connectivity index (χ4v) is 2.27. The van der Waals surface area contributed by atoms with Gasteiger partial charge in [0.15, 0.2) is 12.3 Å². The third-order valence-corrected chi connectivity index (χ3v) is 3.56. The number of aliphatic hydroxyl groups excluding tert-OH is 1. The van der Waals surface area contributed by atoms with Crippen LogP contribution in [0.15, 0.2) is 17.1 Å². The van der Waals surface area contributed by atoms with Gasteiger partial charge in [-0.25, -0.2) is 9.18 Å². The van der Waals surface area contributed by atoms with Crippen molar-refractivity contribution in [1.82, 2.24) is 9.55 Å². The molecule has 1 aromatic rings. The summed E-state index contributed by atoms with van der Waals surface area (Å²) < 4.78 is 26.2. The van der Waals surface area contributed by atoms with E-state index < -0.39 is 48.7 Å². The van der Waals surface area contributed by atoms with Gasteiger partial charge in [-0.15, -0.1) is 0 Å². The number of ether oxygens (including phenoxy) is 2. The Balaban J connectivity index is 2.12. The molecule has 0 spiro atoms. The first-order valence-corrected chi connectivity index (χ1v) is 7.27. The predicted molar refractivity (Wildman–Crippen MR) is 78.3 cm³/mol. The average Bonchev–Trinajstić information content (AvgIpc) is 2.78. The Bertz CT molecular complexity index is 621. The Labute approximate surface area is 132 Å². The SMILES string of the molecule is CC(C)C(=O)O[C@H]1[C@@H](F)[C@H](Cn2ccc(N)nc2=O)O[C@@H]1CO. The van der Waals surface area contributed by atoms with Crippen LogP contribution < -0.4 is 11.4 Å². The molecule has 1 aliphatic rings. The fourth-order valence-electron chi connectivity index (χ4n) is 2.27. The first-order valence-electron chi connectivity index (χ1n) is 7.27. The highest BCUT2D eigenvalue weighted by molar-refractivity contribution is 5.71. The second-order valence-corrected chi connectivity index (χ2v) is 5.68. The van der Waals surface area contributed by atoms with Crippen molar-refractivity contribution in [2.75, 3.05) is 12.3 Å². The number of nitrogens with two attached hydrogens (primary N) is 1. The normalized spacial score (nSPS) is 27.3. The van der Waals surface area contributed by atoms with Crippen LogP contribution in [0, 0.1) is 5.92 Å². The highest BCUT2D eigenvalue weighted by Gasteiger charge is 2.47. The van der Waals surface area contributed by atoms with Gasteiger partial charge in [-0.1, -0.05) is 13.8 Å². The van der Waals surface area contributed by atoms with Crippen molar-refractivity contribution in [2.24, 2.45) is 5.92 Å². The van der Waals surface area contributed by atoms with Gasteiger partial charge < -0.3 is 20.3 Å². The molecule has 9 heteroatoms. The van der Waals surface area contributed by atoms with E-state index in [0.29, 0.717) is 0 Å².